The Morgan fingerprint density at radius 1 is 1.17 bits per heavy atom. The number of carbonyl (C=O) groups is 2. The average molecular weight is 434 g/mol. The third-order valence-corrected chi connectivity index (χ3v) is 5.36. The van der Waals surface area contributed by atoms with Crippen molar-refractivity contribution in [2.24, 2.45) is 0 Å². The molecule has 9 nitrogen and oxygen atoms in total. The minimum Gasteiger partial charge on any atom is -0.491 e. The molecule has 4 bridgehead atoms. The van der Waals surface area contributed by atoms with Crippen LogP contribution in [-0.2, 0) is 22.5 Å². The van der Waals surface area contributed by atoms with E-state index in [0.29, 0.717) is 75.0 Å². The maximum absolute atomic E-state index is 13.2. The number of hydrogen-bond donors (Lipinski definition) is 1. The molecule has 2 aliphatic rings. The topological polar surface area (TPSA) is 98.6 Å². The van der Waals surface area contributed by atoms with Gasteiger partial charge >= 0.3 is 0 Å². The molecule has 3 heterocycles. The number of nitrogens with one attached hydrogen (secondary N) is 1. The lowest BCUT2D eigenvalue weighted by Crippen LogP contribution is -2.49. The third kappa shape index (κ3) is 5.09. The monoisotopic (exact) mass is 433 g/mol. The molecule has 1 atom stereocenters. The molecule has 160 valence electrons. The zero-order valence-corrected chi connectivity index (χ0v) is 17.3. The maximum Gasteiger partial charge on any atom is 0.257 e. The zero-order valence-electron chi connectivity index (χ0n) is 16.6. The first-order chi connectivity index (χ1) is 14.6. The summed E-state index contributed by atoms with van der Waals surface area (Å²) < 4.78 is 13.3. The Hall–Kier alpha value is -2.65. The fraction of sp³-hybridized carbons (Fsp3) is 0.500. The number of amides is 2. The number of ether oxygens (including phenoxy) is 2. The quantitative estimate of drug-likeness (QED) is 0.672. The van der Waals surface area contributed by atoms with Gasteiger partial charge in [-0.2, -0.15) is 0 Å². The number of hydrogen-bond acceptors (Lipinski definition) is 6. The molecule has 10 heteroatoms. The predicted molar refractivity (Wildman–Crippen MR) is 109 cm³/mol. The highest BCUT2D eigenvalue weighted by atomic mass is 35.5. The van der Waals surface area contributed by atoms with Crippen LogP contribution in [0, 0.1) is 0 Å². The first-order valence-corrected chi connectivity index (χ1v) is 10.5. The third-order valence-electron chi connectivity index (χ3n) is 5.13. The second-order valence-electron chi connectivity index (χ2n) is 7.36. The lowest BCUT2D eigenvalue weighted by atomic mass is 10.1. The lowest BCUT2D eigenvalue weighted by Gasteiger charge is -2.33. The van der Waals surface area contributed by atoms with Crippen molar-refractivity contribution in [1.82, 2.24) is 25.2 Å². The maximum atomic E-state index is 13.2. The van der Waals surface area contributed by atoms with Crippen LogP contribution in [0.3, 0.4) is 0 Å². The van der Waals surface area contributed by atoms with Crippen LogP contribution in [0.4, 0.5) is 0 Å². The minimum atomic E-state index is -0.256. The molecule has 0 radical (unpaired) electrons. The second kappa shape index (κ2) is 9.44. The summed E-state index contributed by atoms with van der Waals surface area (Å²) in [7, 11) is 0. The van der Waals surface area contributed by atoms with Gasteiger partial charge in [0.05, 0.1) is 30.5 Å². The van der Waals surface area contributed by atoms with E-state index < -0.39 is 0 Å². The molecule has 2 amide bonds. The highest BCUT2D eigenvalue weighted by molar-refractivity contribution is 6.31. The van der Waals surface area contributed by atoms with E-state index in [1.807, 2.05) is 6.20 Å². The molecular formula is C20H24ClN5O4. The normalized spacial score (nSPS) is 21.1. The number of halogens is 1. The molecule has 1 N–H and O–H groups in total. The van der Waals surface area contributed by atoms with Crippen molar-refractivity contribution in [3.05, 3.63) is 40.7 Å². The highest BCUT2D eigenvalue weighted by Gasteiger charge is 2.27. The van der Waals surface area contributed by atoms with Crippen LogP contribution in [-0.4, -0.2) is 70.7 Å². The molecule has 0 saturated carbocycles. The van der Waals surface area contributed by atoms with Crippen LogP contribution in [0.1, 0.15) is 28.9 Å². The number of morpholine rings is 1. The molecule has 30 heavy (non-hydrogen) atoms. The van der Waals surface area contributed by atoms with Gasteiger partial charge in [0.25, 0.3) is 5.91 Å². The number of benzene rings is 1. The van der Waals surface area contributed by atoms with Gasteiger partial charge in [-0.05, 0) is 31.0 Å². The second-order valence-corrected chi connectivity index (χ2v) is 7.80. The van der Waals surface area contributed by atoms with E-state index in [1.165, 1.54) is 0 Å². The molecule has 1 aromatic heterocycles. The molecule has 1 unspecified atom stereocenters. The summed E-state index contributed by atoms with van der Waals surface area (Å²) in [6.45, 7) is 2.45. The van der Waals surface area contributed by atoms with Crippen molar-refractivity contribution < 1.29 is 19.1 Å². The molecule has 2 aromatic rings. The van der Waals surface area contributed by atoms with E-state index >= 15 is 0 Å². The van der Waals surface area contributed by atoms with Gasteiger partial charge in [-0.3, -0.25) is 9.59 Å². The Kier molecular flexibility index (Phi) is 6.49. The molecule has 0 spiro atoms. The summed E-state index contributed by atoms with van der Waals surface area (Å²) in [5.41, 5.74) is 1.24. The molecule has 2 aliphatic heterocycles. The number of aryl methyl sites for hydroxylation is 1. The zero-order chi connectivity index (χ0) is 20.9. The summed E-state index contributed by atoms with van der Waals surface area (Å²) in [6, 6.07) is 5.03. The van der Waals surface area contributed by atoms with E-state index in [1.54, 1.807) is 27.8 Å². The fourth-order valence-electron chi connectivity index (χ4n) is 3.55. The van der Waals surface area contributed by atoms with E-state index in [-0.39, 0.29) is 17.9 Å². The van der Waals surface area contributed by atoms with Gasteiger partial charge in [0.1, 0.15) is 12.4 Å². The SMILES string of the molecule is O=C1CCCc2cn(nn2)CCOc2ccc(Cl)cc2C(=O)N2CCOC(CN1)C2. The van der Waals surface area contributed by atoms with Crippen LogP contribution in [0.5, 0.6) is 5.75 Å². The summed E-state index contributed by atoms with van der Waals surface area (Å²) in [5, 5.41) is 11.6. The molecule has 1 fully saturated rings. The van der Waals surface area contributed by atoms with E-state index in [4.69, 9.17) is 21.1 Å². The first kappa shape index (κ1) is 20.6. The Morgan fingerprint density at radius 2 is 2.07 bits per heavy atom. The van der Waals surface area contributed by atoms with E-state index in [0.717, 1.165) is 5.69 Å². The van der Waals surface area contributed by atoms with Crippen LogP contribution >= 0.6 is 11.6 Å². The van der Waals surface area contributed by atoms with Crippen molar-refractivity contribution in [2.75, 3.05) is 32.8 Å². The molecule has 1 saturated heterocycles. The summed E-state index contributed by atoms with van der Waals surface area (Å²) in [5.74, 6) is 0.263. The molecule has 4 rings (SSSR count). The van der Waals surface area contributed by atoms with Crippen LogP contribution in [0.25, 0.3) is 0 Å². The Labute approximate surface area is 179 Å². The molecule has 0 aliphatic carbocycles. The Bertz CT molecular complexity index is 918. The number of fused-ring (bicyclic) bond motifs is 5. The van der Waals surface area contributed by atoms with Crippen molar-refractivity contribution in [2.45, 2.75) is 31.9 Å². The van der Waals surface area contributed by atoms with Gasteiger partial charge in [0.2, 0.25) is 5.91 Å². The van der Waals surface area contributed by atoms with Crippen LogP contribution in [0.15, 0.2) is 24.4 Å². The lowest BCUT2D eigenvalue weighted by molar-refractivity contribution is -0.122. The summed E-state index contributed by atoms with van der Waals surface area (Å²) >= 11 is 6.15. The number of nitrogens with zero attached hydrogens (tertiary/aromatic N) is 4. The van der Waals surface area contributed by atoms with Crippen molar-refractivity contribution in [3.8, 4) is 5.75 Å². The van der Waals surface area contributed by atoms with Gasteiger partial charge < -0.3 is 19.7 Å². The fourth-order valence-corrected chi connectivity index (χ4v) is 3.72. The van der Waals surface area contributed by atoms with Gasteiger partial charge in [-0.1, -0.05) is 16.8 Å². The minimum absolute atomic E-state index is 0.0407. The largest absolute Gasteiger partial charge is 0.491 e. The van der Waals surface area contributed by atoms with Gasteiger partial charge in [-0.15, -0.1) is 5.10 Å². The number of aromatic nitrogens is 3. The Balaban J connectivity index is 1.56. The average Bonchev–Trinajstić information content (AvgIpc) is 3.20. The smallest absolute Gasteiger partial charge is 0.257 e. The van der Waals surface area contributed by atoms with E-state index in [2.05, 4.69) is 15.6 Å². The standard InChI is InChI=1S/C20H24ClN5O4/c21-14-4-5-18-17(10-14)20(28)25-6-8-29-16(13-25)11-22-19(27)3-1-2-15-12-26(24-23-15)7-9-30-18/h4-5,10,12,16H,1-3,6-9,11,13H2,(H,22,27). The van der Waals surface area contributed by atoms with Gasteiger partial charge in [0.15, 0.2) is 0 Å². The summed E-state index contributed by atoms with van der Waals surface area (Å²) in [4.78, 5) is 27.0. The van der Waals surface area contributed by atoms with E-state index in [9.17, 15) is 9.59 Å². The van der Waals surface area contributed by atoms with Crippen molar-refractivity contribution in [3.63, 3.8) is 0 Å². The van der Waals surface area contributed by atoms with Crippen LogP contribution in [0.2, 0.25) is 5.02 Å². The number of carbonyl (C=O) groups excluding carboxylic acids is 2. The predicted octanol–water partition coefficient (Wildman–Crippen LogP) is 1.30. The molecule has 1 aromatic carbocycles. The molecular weight excluding hydrogens is 410 g/mol. The highest BCUT2D eigenvalue weighted by Crippen LogP contribution is 2.25. The van der Waals surface area contributed by atoms with Crippen molar-refractivity contribution >= 4 is 23.4 Å². The van der Waals surface area contributed by atoms with Gasteiger partial charge in [0, 0.05) is 37.3 Å². The number of rotatable bonds is 0. The van der Waals surface area contributed by atoms with Crippen LogP contribution < -0.4 is 10.1 Å². The van der Waals surface area contributed by atoms with Gasteiger partial charge in [-0.25, -0.2) is 4.68 Å². The first-order valence-electron chi connectivity index (χ1n) is 10.1. The Morgan fingerprint density at radius 3 is 2.97 bits per heavy atom. The van der Waals surface area contributed by atoms with Crippen molar-refractivity contribution in [1.29, 1.82) is 0 Å². The summed E-state index contributed by atoms with van der Waals surface area (Å²) in [6.07, 6.45) is 3.36.